The zero-order valence-electron chi connectivity index (χ0n) is 30.1. The summed E-state index contributed by atoms with van der Waals surface area (Å²) in [5.41, 5.74) is 0. The van der Waals surface area contributed by atoms with Crippen LogP contribution in [0.4, 0.5) is 0 Å². The predicted octanol–water partition coefficient (Wildman–Crippen LogP) is 8.36. The van der Waals surface area contributed by atoms with Crippen LogP contribution in [-0.4, -0.2) is 65.7 Å². The van der Waals surface area contributed by atoms with Crippen LogP contribution in [0.3, 0.4) is 0 Å². The maximum Gasteiger partial charge on any atom is 1.00 e. The molecule has 1 radical (unpaired) electrons. The van der Waals surface area contributed by atoms with Gasteiger partial charge in [0.2, 0.25) is 0 Å². The van der Waals surface area contributed by atoms with Crippen LogP contribution in [0.15, 0.2) is 0 Å². The van der Waals surface area contributed by atoms with Crippen molar-refractivity contribution in [1.82, 2.24) is 11.7 Å². The van der Waals surface area contributed by atoms with E-state index in [1.807, 2.05) is 0 Å². The van der Waals surface area contributed by atoms with E-state index in [1.54, 1.807) is 0 Å². The van der Waals surface area contributed by atoms with Crippen LogP contribution in [0.5, 0.6) is 0 Å². The Balaban J connectivity index is 0. The van der Waals surface area contributed by atoms with Crippen LogP contribution in [-0.2, 0) is 0 Å². The molecule has 41 heavy (non-hydrogen) atoms. The topological polar surface area (TPSA) is 9.72 Å². The third-order valence-electron chi connectivity index (χ3n) is 8.77. The summed E-state index contributed by atoms with van der Waals surface area (Å²) < 4.78 is 9.39. The van der Waals surface area contributed by atoms with Crippen molar-refractivity contribution in [1.29, 1.82) is 0 Å². The van der Waals surface area contributed by atoms with Gasteiger partial charge in [-0.3, -0.25) is 0 Å². The molecule has 0 aromatic rings. The number of hydrogen-bond donors (Lipinski definition) is 0. The molecule has 0 aliphatic rings. The van der Waals surface area contributed by atoms with Crippen molar-refractivity contribution >= 4 is 14.8 Å². The molecule has 0 aliphatic carbocycles. The second-order valence-electron chi connectivity index (χ2n) is 12.8. The van der Waals surface area contributed by atoms with Crippen molar-refractivity contribution < 1.29 is 29.6 Å². The summed E-state index contributed by atoms with van der Waals surface area (Å²) in [6, 6.07) is 0. The minimum atomic E-state index is -1.39. The quantitative estimate of drug-likeness (QED) is 0.0552. The standard InChI is InChI=1S/3C12H26N.Al.Na/c3*1-3-5-7-9-11-13-12-10-8-6-4-2;;/h3*3-12H2,1-2H3;;/q3*-1;+2;+1. The van der Waals surface area contributed by atoms with E-state index >= 15 is 0 Å². The Morgan fingerprint density at radius 3 is 0.585 bits per heavy atom. The van der Waals surface area contributed by atoms with Crippen molar-refractivity contribution in [2.24, 2.45) is 0 Å². The average Bonchev–Trinajstić information content (AvgIpc) is 2.96. The summed E-state index contributed by atoms with van der Waals surface area (Å²) >= 11 is -1.39. The van der Waals surface area contributed by atoms with Crippen LogP contribution >= 0.6 is 0 Å². The van der Waals surface area contributed by atoms with Gasteiger partial charge in [0, 0.05) is 0 Å². The van der Waals surface area contributed by atoms with E-state index in [2.05, 4.69) is 53.2 Å². The molecule has 0 aromatic carbocycles. The van der Waals surface area contributed by atoms with Crippen molar-refractivity contribution in [2.75, 3.05) is 39.3 Å². The van der Waals surface area contributed by atoms with Gasteiger partial charge in [0.25, 0.3) is 14.8 Å². The SMILES string of the molecule is CCCCCC[N](CCCCCC)[Al-]([N](CCCCCC)CCCCCC)[N](CCCCCC)CCCCCC.[Na+]. The van der Waals surface area contributed by atoms with Crippen LogP contribution in [0.25, 0.3) is 0 Å². The molecule has 0 N–H and O–H groups in total. The minimum Gasteiger partial charge on any atom is -0.510 e. The first-order valence-electron chi connectivity index (χ1n) is 18.9. The summed E-state index contributed by atoms with van der Waals surface area (Å²) in [4.78, 5) is 0. The normalized spacial score (nSPS) is 11.9. The Labute approximate surface area is 289 Å². The Bertz CT molecular complexity index is 379. The Hall–Kier alpha value is 1.41. The van der Waals surface area contributed by atoms with Gasteiger partial charge in [0.05, 0.1) is 0 Å². The Kier molecular flexibility index (Phi) is 39.0. The molecule has 0 saturated heterocycles. The molecular weight excluding hydrogens is 524 g/mol. The van der Waals surface area contributed by atoms with E-state index in [1.165, 1.54) is 193 Å². The molecule has 0 saturated carbocycles. The van der Waals surface area contributed by atoms with E-state index in [9.17, 15) is 0 Å². The molecule has 0 unspecified atom stereocenters. The average molecular weight is 603 g/mol. The van der Waals surface area contributed by atoms with Crippen LogP contribution in [0, 0.1) is 0 Å². The molecule has 3 nitrogen and oxygen atoms in total. The van der Waals surface area contributed by atoms with Gasteiger partial charge in [-0.25, -0.2) is 0 Å². The molecule has 0 atom stereocenters. The van der Waals surface area contributed by atoms with Gasteiger partial charge in [-0.05, 0) is 77.8 Å². The van der Waals surface area contributed by atoms with E-state index < -0.39 is 14.8 Å². The van der Waals surface area contributed by atoms with Crippen LogP contribution < -0.4 is 29.6 Å². The monoisotopic (exact) mass is 603 g/mol. The van der Waals surface area contributed by atoms with Crippen LogP contribution in [0.2, 0.25) is 0 Å². The van der Waals surface area contributed by atoms with Gasteiger partial charge in [-0.15, -0.1) is 0 Å². The number of rotatable bonds is 33. The molecule has 0 amide bonds. The van der Waals surface area contributed by atoms with E-state index in [0.717, 1.165) is 0 Å². The number of nitrogens with zero attached hydrogens (tertiary/aromatic N) is 3. The third kappa shape index (κ3) is 26.3. The summed E-state index contributed by atoms with van der Waals surface area (Å²) in [6.07, 6.45) is 33.5. The molecule has 5 heteroatoms. The van der Waals surface area contributed by atoms with Gasteiger partial charge < -0.3 is 11.7 Å². The Morgan fingerprint density at radius 2 is 0.439 bits per heavy atom. The molecule has 0 bridgehead atoms. The largest absolute Gasteiger partial charge is 1.00 e. The van der Waals surface area contributed by atoms with E-state index in [-0.39, 0.29) is 29.6 Å². The Morgan fingerprint density at radius 1 is 0.268 bits per heavy atom. The second-order valence-corrected chi connectivity index (χ2v) is 15.7. The van der Waals surface area contributed by atoms with E-state index in [4.69, 9.17) is 0 Å². The smallest absolute Gasteiger partial charge is 0.510 e. The van der Waals surface area contributed by atoms with Gasteiger partial charge >= 0.3 is 29.6 Å². The number of hydrogen-bond acceptors (Lipinski definition) is 3. The fourth-order valence-corrected chi connectivity index (χ4v) is 10.0. The second kappa shape index (κ2) is 35.9. The molecular formula is C36H78AlN3Na. The third-order valence-corrected chi connectivity index (χ3v) is 12.3. The van der Waals surface area contributed by atoms with E-state index in [0.29, 0.717) is 0 Å². The molecule has 241 valence electrons. The number of unbranched alkanes of at least 4 members (excludes halogenated alkanes) is 18. The van der Waals surface area contributed by atoms with Gasteiger partial charge in [-0.1, -0.05) is 157 Å². The summed E-state index contributed by atoms with van der Waals surface area (Å²) in [6.45, 7) is 22.3. The minimum absolute atomic E-state index is 0. The molecule has 0 rings (SSSR count). The molecule has 0 heterocycles. The molecule has 0 fully saturated rings. The zero-order valence-corrected chi connectivity index (χ0v) is 33.3. The first-order chi connectivity index (χ1) is 19.7. The summed E-state index contributed by atoms with van der Waals surface area (Å²) in [5.74, 6) is 0. The van der Waals surface area contributed by atoms with Gasteiger partial charge in [0.15, 0.2) is 0 Å². The predicted molar refractivity (Wildman–Crippen MR) is 185 cm³/mol. The zero-order chi connectivity index (χ0) is 29.5. The van der Waals surface area contributed by atoms with Crippen molar-refractivity contribution in [3.8, 4) is 0 Å². The van der Waals surface area contributed by atoms with Gasteiger partial charge in [0.1, 0.15) is 0 Å². The summed E-state index contributed by atoms with van der Waals surface area (Å²) in [5, 5.41) is 0. The first-order valence-corrected chi connectivity index (χ1v) is 20.5. The maximum absolute atomic E-state index is 3.13. The fraction of sp³-hybridized carbons (Fsp3) is 1.00. The molecule has 0 aliphatic heterocycles. The van der Waals surface area contributed by atoms with Crippen molar-refractivity contribution in [2.45, 2.75) is 196 Å². The molecule has 0 spiro atoms. The van der Waals surface area contributed by atoms with Crippen molar-refractivity contribution in [3.63, 3.8) is 0 Å². The first kappa shape index (κ1) is 44.5. The summed E-state index contributed by atoms with van der Waals surface area (Å²) in [7, 11) is 0. The fourth-order valence-electron chi connectivity index (χ4n) is 6.17. The van der Waals surface area contributed by atoms with Crippen LogP contribution in [0.1, 0.15) is 196 Å². The van der Waals surface area contributed by atoms with Crippen molar-refractivity contribution in [3.05, 3.63) is 0 Å². The molecule has 0 aromatic heterocycles. The van der Waals surface area contributed by atoms with Gasteiger partial charge in [-0.2, -0.15) is 0 Å². The maximum atomic E-state index is 3.13.